The normalized spacial score (nSPS) is 11.6. The van der Waals surface area contributed by atoms with Crippen LogP contribution in [-0.2, 0) is 13.1 Å². The molecule has 0 saturated heterocycles. The van der Waals surface area contributed by atoms with E-state index >= 15 is 0 Å². The molecule has 0 fully saturated rings. The molecule has 0 unspecified atom stereocenters. The molecule has 154 valence electrons. The van der Waals surface area contributed by atoms with Gasteiger partial charge in [-0.3, -0.25) is 4.68 Å². The van der Waals surface area contributed by atoms with Gasteiger partial charge >= 0.3 is 0 Å². The maximum absolute atomic E-state index is 5.78. The van der Waals surface area contributed by atoms with Gasteiger partial charge in [-0.1, -0.05) is 12.1 Å². The van der Waals surface area contributed by atoms with Crippen molar-refractivity contribution in [2.75, 3.05) is 40.3 Å². The van der Waals surface area contributed by atoms with Gasteiger partial charge in [-0.2, -0.15) is 5.10 Å². The van der Waals surface area contributed by atoms with Crippen molar-refractivity contribution in [1.29, 1.82) is 0 Å². The van der Waals surface area contributed by atoms with Gasteiger partial charge in [0.15, 0.2) is 5.96 Å². The van der Waals surface area contributed by atoms with E-state index in [0.717, 1.165) is 62.9 Å². The molecule has 0 spiro atoms. The predicted octanol–water partition coefficient (Wildman–Crippen LogP) is 2.36. The third kappa shape index (κ3) is 8.90. The first kappa shape index (κ1) is 21.8. The van der Waals surface area contributed by atoms with Gasteiger partial charge in [0.25, 0.3) is 0 Å². The number of hydrogen-bond acceptors (Lipinski definition) is 4. The van der Waals surface area contributed by atoms with Crippen LogP contribution in [0.4, 0.5) is 0 Å². The van der Waals surface area contributed by atoms with Crippen molar-refractivity contribution in [3.8, 4) is 5.75 Å². The molecule has 7 nitrogen and oxygen atoms in total. The Bertz CT molecular complexity index is 667. The molecule has 0 amide bonds. The van der Waals surface area contributed by atoms with Gasteiger partial charge in [-0.15, -0.1) is 0 Å². The summed E-state index contributed by atoms with van der Waals surface area (Å²) in [4.78, 5) is 6.83. The average molecular weight is 387 g/mol. The molecular formula is C21H34N6O. The van der Waals surface area contributed by atoms with Crippen molar-refractivity contribution in [3.05, 3.63) is 48.3 Å². The summed E-state index contributed by atoms with van der Waals surface area (Å²) in [6.45, 7) is 7.07. The number of aromatic nitrogens is 2. The zero-order valence-corrected chi connectivity index (χ0v) is 17.4. The van der Waals surface area contributed by atoms with E-state index in [1.807, 2.05) is 29.1 Å². The molecule has 0 saturated carbocycles. The zero-order valence-electron chi connectivity index (χ0n) is 17.4. The summed E-state index contributed by atoms with van der Waals surface area (Å²) in [6.07, 6.45) is 5.80. The van der Waals surface area contributed by atoms with E-state index in [-0.39, 0.29) is 0 Å². The molecule has 0 aliphatic heterocycles. The topological polar surface area (TPSA) is 66.7 Å². The third-order valence-corrected chi connectivity index (χ3v) is 4.12. The van der Waals surface area contributed by atoms with Crippen LogP contribution in [0.3, 0.4) is 0 Å². The number of aliphatic imine (C=N–C) groups is 1. The molecule has 0 bridgehead atoms. The Morgan fingerprint density at radius 2 is 2.00 bits per heavy atom. The number of rotatable bonds is 12. The minimum Gasteiger partial charge on any atom is -0.494 e. The fraction of sp³-hybridized carbons (Fsp3) is 0.524. The summed E-state index contributed by atoms with van der Waals surface area (Å²) < 4.78 is 7.72. The first-order valence-corrected chi connectivity index (χ1v) is 10.0. The van der Waals surface area contributed by atoms with Crippen LogP contribution in [0.5, 0.6) is 5.75 Å². The fourth-order valence-electron chi connectivity index (χ4n) is 2.65. The highest BCUT2D eigenvalue weighted by molar-refractivity contribution is 5.79. The number of nitrogens with one attached hydrogen (secondary N) is 2. The van der Waals surface area contributed by atoms with Crippen LogP contribution in [0.15, 0.2) is 47.7 Å². The van der Waals surface area contributed by atoms with Crippen LogP contribution in [0.25, 0.3) is 0 Å². The zero-order chi connectivity index (χ0) is 20.0. The standard InChI is InChI=1S/C21H34N6O/c1-4-22-21(23-12-5-15-27-16-6-13-25-27)24-18-19-8-10-20(11-9-19)28-17-7-14-26(2)3/h6,8-11,13,16H,4-5,7,12,14-15,17-18H2,1-3H3,(H2,22,23,24). The maximum Gasteiger partial charge on any atom is 0.191 e. The molecule has 2 rings (SSSR count). The number of guanidine groups is 1. The number of aryl methyl sites for hydroxylation is 1. The van der Waals surface area contributed by atoms with Crippen molar-refractivity contribution in [3.63, 3.8) is 0 Å². The van der Waals surface area contributed by atoms with Crippen molar-refractivity contribution < 1.29 is 4.74 Å². The lowest BCUT2D eigenvalue weighted by Gasteiger charge is -2.12. The summed E-state index contributed by atoms with van der Waals surface area (Å²) in [5.41, 5.74) is 1.16. The van der Waals surface area contributed by atoms with Crippen LogP contribution in [0.1, 0.15) is 25.3 Å². The minimum absolute atomic E-state index is 0.634. The van der Waals surface area contributed by atoms with Gasteiger partial charge in [0.2, 0.25) is 0 Å². The maximum atomic E-state index is 5.78. The summed E-state index contributed by atoms with van der Waals surface area (Å²) in [7, 11) is 4.15. The largest absolute Gasteiger partial charge is 0.494 e. The van der Waals surface area contributed by atoms with E-state index in [0.29, 0.717) is 6.54 Å². The van der Waals surface area contributed by atoms with E-state index in [1.54, 1.807) is 6.20 Å². The Balaban J connectivity index is 1.73. The van der Waals surface area contributed by atoms with Gasteiger partial charge in [0.05, 0.1) is 13.2 Å². The molecule has 28 heavy (non-hydrogen) atoms. The molecule has 7 heteroatoms. The molecule has 2 aromatic rings. The van der Waals surface area contributed by atoms with E-state index in [9.17, 15) is 0 Å². The average Bonchev–Trinajstić information content (AvgIpc) is 3.21. The summed E-state index contributed by atoms with van der Waals surface area (Å²) in [6, 6.07) is 10.1. The Morgan fingerprint density at radius 3 is 2.68 bits per heavy atom. The minimum atomic E-state index is 0.634. The molecule has 1 aromatic heterocycles. The number of nitrogens with zero attached hydrogens (tertiary/aromatic N) is 4. The molecule has 0 aliphatic carbocycles. The Morgan fingerprint density at radius 1 is 1.18 bits per heavy atom. The van der Waals surface area contributed by atoms with Gasteiger partial charge < -0.3 is 20.3 Å². The second-order valence-corrected chi connectivity index (χ2v) is 6.89. The third-order valence-electron chi connectivity index (χ3n) is 4.12. The van der Waals surface area contributed by atoms with Crippen LogP contribution in [0.2, 0.25) is 0 Å². The van der Waals surface area contributed by atoms with Crippen molar-refractivity contribution >= 4 is 5.96 Å². The Labute approximate surface area is 168 Å². The summed E-state index contributed by atoms with van der Waals surface area (Å²) in [5.74, 6) is 1.75. The van der Waals surface area contributed by atoms with Crippen LogP contribution < -0.4 is 15.4 Å². The van der Waals surface area contributed by atoms with Crippen molar-refractivity contribution in [1.82, 2.24) is 25.3 Å². The fourth-order valence-corrected chi connectivity index (χ4v) is 2.65. The van der Waals surface area contributed by atoms with Crippen molar-refractivity contribution in [2.24, 2.45) is 4.99 Å². The molecular weight excluding hydrogens is 352 g/mol. The first-order chi connectivity index (χ1) is 13.7. The van der Waals surface area contributed by atoms with Crippen LogP contribution in [0, 0.1) is 0 Å². The summed E-state index contributed by atoms with van der Waals surface area (Å²) in [5, 5.41) is 10.9. The highest BCUT2D eigenvalue weighted by Gasteiger charge is 2.00. The number of ether oxygens (including phenoxy) is 1. The molecule has 2 N–H and O–H groups in total. The highest BCUT2D eigenvalue weighted by Crippen LogP contribution is 2.13. The van der Waals surface area contributed by atoms with E-state index in [4.69, 9.17) is 4.74 Å². The van der Waals surface area contributed by atoms with Crippen molar-refractivity contribution in [2.45, 2.75) is 32.9 Å². The Kier molecular flexibility index (Phi) is 9.93. The van der Waals surface area contributed by atoms with Crippen LogP contribution >= 0.6 is 0 Å². The lowest BCUT2D eigenvalue weighted by atomic mass is 10.2. The smallest absolute Gasteiger partial charge is 0.191 e. The second-order valence-electron chi connectivity index (χ2n) is 6.89. The second kappa shape index (κ2) is 12.8. The SMILES string of the molecule is CCNC(=NCc1ccc(OCCCN(C)C)cc1)NCCCn1cccn1. The number of benzene rings is 1. The molecule has 0 aliphatic rings. The molecule has 1 aromatic carbocycles. The highest BCUT2D eigenvalue weighted by atomic mass is 16.5. The summed E-state index contributed by atoms with van der Waals surface area (Å²) >= 11 is 0. The monoisotopic (exact) mass is 386 g/mol. The van der Waals surface area contributed by atoms with Gasteiger partial charge in [-0.25, -0.2) is 4.99 Å². The molecule has 1 heterocycles. The predicted molar refractivity (Wildman–Crippen MR) is 115 cm³/mol. The van der Waals surface area contributed by atoms with Gasteiger partial charge in [-0.05, 0) is 57.6 Å². The van der Waals surface area contributed by atoms with Crippen LogP contribution in [-0.4, -0.2) is 61.0 Å². The number of hydrogen-bond donors (Lipinski definition) is 2. The quantitative estimate of drug-likeness (QED) is 0.333. The molecule has 0 atom stereocenters. The van der Waals surface area contributed by atoms with E-state index < -0.39 is 0 Å². The molecule has 0 radical (unpaired) electrons. The first-order valence-electron chi connectivity index (χ1n) is 10.0. The lowest BCUT2D eigenvalue weighted by molar-refractivity contribution is 0.281. The lowest BCUT2D eigenvalue weighted by Crippen LogP contribution is -2.38. The van der Waals surface area contributed by atoms with Gasteiger partial charge in [0, 0.05) is 38.6 Å². The Hall–Kier alpha value is -2.54. The van der Waals surface area contributed by atoms with Gasteiger partial charge in [0.1, 0.15) is 5.75 Å². The van der Waals surface area contributed by atoms with E-state index in [1.165, 1.54) is 0 Å². The van der Waals surface area contributed by atoms with E-state index in [2.05, 4.69) is 58.8 Å².